The predicted molar refractivity (Wildman–Crippen MR) is 37.2 cm³/mol. The van der Waals surface area contributed by atoms with Crippen LogP contribution in [0.4, 0.5) is 0 Å². The van der Waals surface area contributed by atoms with Gasteiger partial charge < -0.3 is 14.2 Å². The van der Waals surface area contributed by atoms with E-state index in [1.165, 1.54) is 0 Å². The first kappa shape index (κ1) is 6.86. The van der Waals surface area contributed by atoms with Gasteiger partial charge in [-0.05, 0) is 6.42 Å². The topological polar surface area (TPSA) is 44.8 Å². The van der Waals surface area contributed by atoms with E-state index in [-0.39, 0.29) is 24.1 Å². The van der Waals surface area contributed by atoms with Crippen molar-refractivity contribution in [2.75, 3.05) is 13.4 Å². The minimum Gasteiger partial charge on any atom is -0.465 e. The van der Waals surface area contributed by atoms with Crippen molar-refractivity contribution in [3.63, 3.8) is 0 Å². The molecule has 0 aromatic heterocycles. The van der Waals surface area contributed by atoms with Gasteiger partial charge in [0.15, 0.2) is 0 Å². The van der Waals surface area contributed by atoms with Crippen molar-refractivity contribution in [1.82, 2.24) is 0 Å². The Morgan fingerprint density at radius 1 is 1.25 bits per heavy atom. The minimum atomic E-state index is -0.107. The molecular formula is C8H10O4. The number of carbonyl (C=O) groups excluding carboxylic acids is 1. The highest BCUT2D eigenvalue weighted by Crippen LogP contribution is 2.42. The number of rotatable bonds is 0. The van der Waals surface area contributed by atoms with Gasteiger partial charge in [-0.1, -0.05) is 0 Å². The van der Waals surface area contributed by atoms with Gasteiger partial charge in [-0.25, -0.2) is 0 Å². The Hall–Kier alpha value is -0.610. The summed E-state index contributed by atoms with van der Waals surface area (Å²) in [5.74, 6) is 0.209. The van der Waals surface area contributed by atoms with Gasteiger partial charge >= 0.3 is 5.97 Å². The first-order chi connectivity index (χ1) is 5.86. The minimum absolute atomic E-state index is 0.0231. The molecule has 4 heteroatoms. The summed E-state index contributed by atoms with van der Waals surface area (Å²) in [4.78, 5) is 11.2. The van der Waals surface area contributed by atoms with Crippen LogP contribution in [0.15, 0.2) is 0 Å². The number of hydrogen-bond donors (Lipinski definition) is 0. The van der Waals surface area contributed by atoms with Gasteiger partial charge in [0.25, 0.3) is 0 Å². The zero-order valence-electron chi connectivity index (χ0n) is 6.56. The van der Waals surface area contributed by atoms with Gasteiger partial charge in [0.1, 0.15) is 12.9 Å². The van der Waals surface area contributed by atoms with Gasteiger partial charge in [0, 0.05) is 5.92 Å². The molecule has 66 valence electrons. The van der Waals surface area contributed by atoms with Crippen LogP contribution in [0, 0.1) is 11.8 Å². The second-order valence-corrected chi connectivity index (χ2v) is 3.61. The normalized spacial score (nSPS) is 50.5. The van der Waals surface area contributed by atoms with E-state index in [1.807, 2.05) is 0 Å². The summed E-state index contributed by atoms with van der Waals surface area (Å²) < 4.78 is 15.7. The molecule has 0 amide bonds. The van der Waals surface area contributed by atoms with Crippen LogP contribution < -0.4 is 0 Å². The molecule has 12 heavy (non-hydrogen) atoms. The van der Waals surface area contributed by atoms with Crippen LogP contribution in [-0.2, 0) is 19.0 Å². The number of carbonyl (C=O) groups is 1. The van der Waals surface area contributed by atoms with E-state index in [9.17, 15) is 4.79 Å². The molecule has 3 aliphatic rings. The van der Waals surface area contributed by atoms with E-state index < -0.39 is 0 Å². The van der Waals surface area contributed by atoms with Gasteiger partial charge in [0.2, 0.25) is 0 Å². The fourth-order valence-electron chi connectivity index (χ4n) is 2.42. The largest absolute Gasteiger partial charge is 0.465 e. The Labute approximate surface area is 69.8 Å². The van der Waals surface area contributed by atoms with Gasteiger partial charge in [-0.3, -0.25) is 4.79 Å². The smallest absolute Gasteiger partial charge is 0.311 e. The van der Waals surface area contributed by atoms with Crippen molar-refractivity contribution >= 4 is 5.97 Å². The Morgan fingerprint density at radius 3 is 3.00 bits per heavy atom. The molecule has 2 bridgehead atoms. The monoisotopic (exact) mass is 170 g/mol. The van der Waals surface area contributed by atoms with Crippen LogP contribution in [0.25, 0.3) is 0 Å². The summed E-state index contributed by atoms with van der Waals surface area (Å²) >= 11 is 0. The molecule has 1 aliphatic carbocycles. The average Bonchev–Trinajstić information content (AvgIpc) is 2.59. The van der Waals surface area contributed by atoms with E-state index in [0.717, 1.165) is 6.42 Å². The summed E-state index contributed by atoms with van der Waals surface area (Å²) in [5, 5.41) is 0. The first-order valence-electron chi connectivity index (χ1n) is 4.26. The van der Waals surface area contributed by atoms with Crippen LogP contribution in [0.5, 0.6) is 0 Å². The van der Waals surface area contributed by atoms with Crippen molar-refractivity contribution < 1.29 is 19.0 Å². The molecule has 3 rings (SSSR count). The lowest BCUT2D eigenvalue weighted by molar-refractivity contribution is -0.157. The Kier molecular flexibility index (Phi) is 1.26. The molecule has 4 nitrogen and oxygen atoms in total. The zero-order chi connectivity index (χ0) is 8.13. The van der Waals surface area contributed by atoms with Crippen LogP contribution in [0.2, 0.25) is 0 Å². The molecule has 0 spiro atoms. The molecule has 2 aliphatic heterocycles. The maximum absolute atomic E-state index is 11.2. The van der Waals surface area contributed by atoms with Crippen molar-refractivity contribution in [1.29, 1.82) is 0 Å². The molecule has 0 radical (unpaired) electrons. The number of ether oxygens (including phenoxy) is 3. The van der Waals surface area contributed by atoms with E-state index in [0.29, 0.717) is 19.3 Å². The van der Waals surface area contributed by atoms with Gasteiger partial charge in [-0.15, -0.1) is 0 Å². The van der Waals surface area contributed by atoms with Crippen LogP contribution in [-0.4, -0.2) is 31.6 Å². The highest BCUT2D eigenvalue weighted by molar-refractivity contribution is 5.75. The van der Waals surface area contributed by atoms with Gasteiger partial charge in [0.05, 0.1) is 18.6 Å². The Morgan fingerprint density at radius 2 is 2.08 bits per heavy atom. The zero-order valence-corrected chi connectivity index (χ0v) is 6.56. The van der Waals surface area contributed by atoms with Crippen molar-refractivity contribution in [2.24, 2.45) is 11.8 Å². The molecule has 4 atom stereocenters. The fraction of sp³-hybridized carbons (Fsp3) is 0.875. The lowest BCUT2D eigenvalue weighted by Crippen LogP contribution is -2.28. The molecule has 2 heterocycles. The third-order valence-electron chi connectivity index (χ3n) is 3.01. The van der Waals surface area contributed by atoms with Crippen molar-refractivity contribution in [3.05, 3.63) is 0 Å². The molecule has 0 aromatic rings. The summed E-state index contributed by atoms with van der Waals surface area (Å²) in [6.45, 7) is 0.857. The second-order valence-electron chi connectivity index (χ2n) is 3.61. The molecule has 1 saturated carbocycles. The maximum Gasteiger partial charge on any atom is 0.311 e. The summed E-state index contributed by atoms with van der Waals surface area (Å²) in [6.07, 6.45) is 0.972. The van der Waals surface area contributed by atoms with E-state index in [4.69, 9.17) is 14.2 Å². The summed E-state index contributed by atoms with van der Waals surface area (Å²) in [7, 11) is 0. The fourth-order valence-corrected chi connectivity index (χ4v) is 2.42. The van der Waals surface area contributed by atoms with E-state index >= 15 is 0 Å². The first-order valence-corrected chi connectivity index (χ1v) is 4.26. The van der Waals surface area contributed by atoms with E-state index in [1.54, 1.807) is 0 Å². The van der Waals surface area contributed by atoms with Gasteiger partial charge in [-0.2, -0.15) is 0 Å². The SMILES string of the molecule is O=C1OC[C@H]2C[C@@H]1[C@@H]1OCO[C@H]21. The summed E-state index contributed by atoms with van der Waals surface area (Å²) in [6, 6.07) is 0. The number of fused-ring (bicyclic) bond motifs is 5. The Balaban J connectivity index is 1.93. The lowest BCUT2D eigenvalue weighted by atomic mass is 10.0. The van der Waals surface area contributed by atoms with Crippen molar-refractivity contribution in [3.8, 4) is 0 Å². The van der Waals surface area contributed by atoms with E-state index in [2.05, 4.69) is 0 Å². The third kappa shape index (κ3) is 0.716. The number of esters is 1. The highest BCUT2D eigenvalue weighted by Gasteiger charge is 2.54. The van der Waals surface area contributed by atoms with Crippen LogP contribution >= 0.6 is 0 Å². The number of hydrogen-bond acceptors (Lipinski definition) is 4. The average molecular weight is 170 g/mol. The van der Waals surface area contributed by atoms with Crippen LogP contribution in [0.1, 0.15) is 6.42 Å². The maximum atomic E-state index is 11.2. The quantitative estimate of drug-likeness (QED) is 0.477. The number of cyclic esters (lactones) is 1. The molecule has 0 N–H and O–H groups in total. The Bertz CT molecular complexity index is 227. The molecule has 0 unspecified atom stereocenters. The molecular weight excluding hydrogens is 160 g/mol. The molecule has 3 fully saturated rings. The second kappa shape index (κ2) is 2.20. The lowest BCUT2D eigenvalue weighted by Gasteiger charge is -2.20. The molecule has 2 saturated heterocycles. The van der Waals surface area contributed by atoms with Crippen molar-refractivity contribution in [2.45, 2.75) is 18.6 Å². The standard InChI is InChI=1S/C8H10O4/c9-8-5-1-4(2-10-8)6-7(5)12-3-11-6/h4-7H,1-3H2/t4-,5-,6-,7+/m1/s1. The summed E-state index contributed by atoms with van der Waals surface area (Å²) in [5.41, 5.74) is 0. The molecule has 0 aromatic carbocycles. The predicted octanol–water partition coefficient (Wildman–Crippen LogP) is -0.0792. The highest BCUT2D eigenvalue weighted by atomic mass is 16.7. The third-order valence-corrected chi connectivity index (χ3v) is 3.01. The van der Waals surface area contributed by atoms with Crippen LogP contribution in [0.3, 0.4) is 0 Å².